The van der Waals surface area contributed by atoms with E-state index in [0.29, 0.717) is 0 Å². The molecule has 3 aromatic carbocycles. The fraction of sp³-hybridized carbons (Fsp3) is 0.308. The van der Waals surface area contributed by atoms with Crippen molar-refractivity contribution in [1.29, 1.82) is 0 Å². The smallest absolute Gasteiger partial charge is 0.0947 e. The van der Waals surface area contributed by atoms with E-state index in [0.717, 1.165) is 6.54 Å². The van der Waals surface area contributed by atoms with Gasteiger partial charge in [-0.05, 0) is 29.7 Å². The van der Waals surface area contributed by atoms with Crippen LogP contribution in [0.3, 0.4) is 0 Å². The third kappa shape index (κ3) is 4.67. The van der Waals surface area contributed by atoms with Gasteiger partial charge in [-0.2, -0.15) is 0 Å². The molecule has 0 aliphatic carbocycles. The van der Waals surface area contributed by atoms with Crippen LogP contribution in [0.2, 0.25) is 0 Å². The van der Waals surface area contributed by atoms with E-state index in [9.17, 15) is 0 Å². The van der Waals surface area contributed by atoms with Gasteiger partial charge in [0.25, 0.3) is 0 Å². The fourth-order valence-electron chi connectivity index (χ4n) is 3.88. The number of hydrogen-bond acceptors (Lipinski definition) is 1. The number of rotatable bonds is 10. The Bertz CT molecular complexity index is 668. The van der Waals surface area contributed by atoms with Crippen LogP contribution in [0.5, 0.6) is 0 Å². The summed E-state index contributed by atoms with van der Waals surface area (Å²) in [5.41, 5.74) is 3.54. The molecule has 0 amide bonds. The van der Waals surface area contributed by atoms with Gasteiger partial charge in [-0.3, -0.25) is 5.32 Å². The summed E-state index contributed by atoms with van der Waals surface area (Å²) in [6.07, 6.45) is 6.44. The van der Waals surface area contributed by atoms with Crippen LogP contribution in [0.15, 0.2) is 91.0 Å². The van der Waals surface area contributed by atoms with E-state index in [4.69, 9.17) is 0 Å². The van der Waals surface area contributed by atoms with Gasteiger partial charge in [0, 0.05) is 0 Å². The van der Waals surface area contributed by atoms with Crippen LogP contribution in [0.1, 0.15) is 55.7 Å². The molecule has 0 fully saturated rings. The molecule has 1 N–H and O–H groups in total. The average Bonchev–Trinajstić information content (AvgIpc) is 2.75. The lowest BCUT2D eigenvalue weighted by atomic mass is 9.77. The van der Waals surface area contributed by atoms with Crippen LogP contribution in [-0.2, 0) is 5.54 Å². The second-order valence-electron chi connectivity index (χ2n) is 7.19. The lowest BCUT2D eigenvalue weighted by Crippen LogP contribution is -2.45. The summed E-state index contributed by atoms with van der Waals surface area (Å²) >= 11 is 0. The van der Waals surface area contributed by atoms with Crippen LogP contribution in [0.25, 0.3) is 0 Å². The molecule has 0 heterocycles. The minimum absolute atomic E-state index is 0.325. The summed E-state index contributed by atoms with van der Waals surface area (Å²) in [6.45, 7) is 3.27. The predicted octanol–water partition coefficient (Wildman–Crippen LogP) is 6.54. The maximum absolute atomic E-state index is 3.96. The molecule has 0 aliphatic heterocycles. The first-order valence-corrected chi connectivity index (χ1v) is 10.3. The summed E-state index contributed by atoms with van der Waals surface area (Å²) in [5, 5.41) is 3.96. The molecule has 1 nitrogen and oxygen atoms in total. The van der Waals surface area contributed by atoms with Gasteiger partial charge in [-0.25, -0.2) is 0 Å². The number of benzene rings is 3. The zero-order valence-corrected chi connectivity index (χ0v) is 16.4. The van der Waals surface area contributed by atoms with E-state index in [1.807, 2.05) is 0 Å². The lowest BCUT2D eigenvalue weighted by molar-refractivity contribution is 0.455. The first kappa shape index (κ1) is 19.4. The molecule has 0 atom stereocenters. The van der Waals surface area contributed by atoms with Gasteiger partial charge < -0.3 is 0 Å². The summed E-state index contributed by atoms with van der Waals surface area (Å²) in [5.74, 6) is 0. The van der Waals surface area contributed by atoms with Gasteiger partial charge in [0.15, 0.2) is 0 Å². The van der Waals surface area contributed by atoms with Crippen LogP contribution >= 0.6 is 0 Å². The molecule has 3 rings (SSSR count). The molecule has 0 aromatic heterocycles. The van der Waals surface area contributed by atoms with Crippen LogP contribution in [0.4, 0.5) is 0 Å². The Kier molecular flexibility index (Phi) is 7.24. The highest BCUT2D eigenvalue weighted by molar-refractivity contribution is 5.49. The third-order valence-corrected chi connectivity index (χ3v) is 5.29. The molecule has 0 bridgehead atoms. The van der Waals surface area contributed by atoms with Crippen molar-refractivity contribution in [3.63, 3.8) is 0 Å². The molecule has 3 aromatic rings. The molecular formula is C26H31N. The van der Waals surface area contributed by atoms with Crippen molar-refractivity contribution in [2.45, 2.75) is 44.6 Å². The maximum atomic E-state index is 3.96. The Morgan fingerprint density at radius 3 is 1.37 bits per heavy atom. The molecular weight excluding hydrogens is 326 g/mol. The van der Waals surface area contributed by atoms with Gasteiger partial charge in [0.05, 0.1) is 5.54 Å². The van der Waals surface area contributed by atoms with Crippen molar-refractivity contribution in [2.75, 3.05) is 6.54 Å². The normalized spacial score (nSPS) is 11.4. The van der Waals surface area contributed by atoms with Crippen LogP contribution in [0, 0.1) is 0 Å². The van der Waals surface area contributed by atoms with Crippen molar-refractivity contribution in [1.82, 2.24) is 5.32 Å². The lowest BCUT2D eigenvalue weighted by Gasteiger charge is -2.37. The molecule has 140 valence electrons. The summed E-state index contributed by atoms with van der Waals surface area (Å²) < 4.78 is 0. The Labute approximate surface area is 164 Å². The second-order valence-corrected chi connectivity index (χ2v) is 7.19. The summed E-state index contributed by atoms with van der Waals surface area (Å²) in [4.78, 5) is 0. The van der Waals surface area contributed by atoms with Crippen molar-refractivity contribution in [2.24, 2.45) is 0 Å². The number of unbranched alkanes of at least 4 members (excludes halogenated alkanes) is 4. The zero-order chi connectivity index (χ0) is 18.8. The molecule has 0 aliphatic rings. The van der Waals surface area contributed by atoms with E-state index in [-0.39, 0.29) is 5.54 Å². The first-order chi connectivity index (χ1) is 13.4. The van der Waals surface area contributed by atoms with Crippen LogP contribution < -0.4 is 5.32 Å². The van der Waals surface area contributed by atoms with Gasteiger partial charge in [-0.15, -0.1) is 0 Å². The monoisotopic (exact) mass is 357 g/mol. The van der Waals surface area contributed by atoms with E-state index in [2.05, 4.69) is 103 Å². The maximum Gasteiger partial charge on any atom is 0.0947 e. The van der Waals surface area contributed by atoms with Gasteiger partial charge >= 0.3 is 0 Å². The van der Waals surface area contributed by atoms with Gasteiger partial charge in [-0.1, -0.05) is 124 Å². The highest BCUT2D eigenvalue weighted by atomic mass is 15.0. The third-order valence-electron chi connectivity index (χ3n) is 5.29. The molecule has 0 saturated carbocycles. The number of nitrogens with one attached hydrogen (secondary N) is 1. The van der Waals surface area contributed by atoms with E-state index >= 15 is 0 Å². The Balaban J connectivity index is 1.98. The predicted molar refractivity (Wildman–Crippen MR) is 116 cm³/mol. The van der Waals surface area contributed by atoms with Crippen molar-refractivity contribution >= 4 is 0 Å². The zero-order valence-electron chi connectivity index (χ0n) is 16.4. The average molecular weight is 358 g/mol. The molecule has 1 heteroatoms. The first-order valence-electron chi connectivity index (χ1n) is 10.3. The van der Waals surface area contributed by atoms with Crippen molar-refractivity contribution in [3.8, 4) is 0 Å². The Morgan fingerprint density at radius 1 is 0.556 bits per heavy atom. The Morgan fingerprint density at radius 2 is 0.963 bits per heavy atom. The van der Waals surface area contributed by atoms with E-state index in [1.54, 1.807) is 0 Å². The minimum Gasteiger partial charge on any atom is -0.300 e. The summed E-state index contributed by atoms with van der Waals surface area (Å²) in [7, 11) is 0. The fourth-order valence-corrected chi connectivity index (χ4v) is 3.88. The Hall–Kier alpha value is -2.38. The highest BCUT2D eigenvalue weighted by Crippen LogP contribution is 2.36. The van der Waals surface area contributed by atoms with E-state index in [1.165, 1.54) is 48.8 Å². The molecule has 27 heavy (non-hydrogen) atoms. The molecule has 0 spiro atoms. The SMILES string of the molecule is CCCCCCCNC(c1ccccc1)(c1ccccc1)c1ccccc1. The van der Waals surface area contributed by atoms with Gasteiger partial charge in [0.2, 0.25) is 0 Å². The minimum atomic E-state index is -0.325. The van der Waals surface area contributed by atoms with E-state index < -0.39 is 0 Å². The van der Waals surface area contributed by atoms with Gasteiger partial charge in [0.1, 0.15) is 0 Å². The van der Waals surface area contributed by atoms with Crippen LogP contribution in [-0.4, -0.2) is 6.54 Å². The second kappa shape index (κ2) is 10.1. The van der Waals surface area contributed by atoms with Crippen molar-refractivity contribution in [3.05, 3.63) is 108 Å². The largest absolute Gasteiger partial charge is 0.300 e. The number of hydrogen-bond donors (Lipinski definition) is 1. The summed E-state index contributed by atoms with van der Waals surface area (Å²) in [6, 6.07) is 32.5. The quantitative estimate of drug-likeness (QED) is 0.321. The van der Waals surface area contributed by atoms with Crippen molar-refractivity contribution < 1.29 is 0 Å². The molecule has 0 unspecified atom stereocenters. The molecule has 0 radical (unpaired) electrons. The standard InChI is InChI=1S/C26H31N/c1-2-3-4-5-15-22-27-26(23-16-9-6-10-17-23,24-18-11-7-12-19-24)25-20-13-8-14-21-25/h6-14,16-21,27H,2-5,15,22H2,1H3. The topological polar surface area (TPSA) is 12.0 Å². The molecule has 0 saturated heterocycles. The highest BCUT2D eigenvalue weighted by Gasteiger charge is 2.35.